The highest BCUT2D eigenvalue weighted by Crippen LogP contribution is 2.34. The Morgan fingerprint density at radius 3 is 2.76 bits per heavy atom. The number of benzene rings is 1. The number of nitrogens with zero attached hydrogens (tertiary/aromatic N) is 1. The van der Waals surface area contributed by atoms with Crippen LogP contribution in [0.1, 0.15) is 31.9 Å². The van der Waals surface area contributed by atoms with Crippen LogP contribution in [0.5, 0.6) is 0 Å². The lowest BCUT2D eigenvalue weighted by atomic mass is 9.95. The molecule has 1 aliphatic heterocycles. The molecule has 1 aromatic rings. The van der Waals surface area contributed by atoms with Crippen LogP contribution >= 0.6 is 23.8 Å². The molecule has 0 unspecified atom stereocenters. The summed E-state index contributed by atoms with van der Waals surface area (Å²) in [5.41, 5.74) is 2.08. The number of nitrogens with one attached hydrogen (secondary N) is 1. The van der Waals surface area contributed by atoms with Gasteiger partial charge in [-0.15, -0.1) is 0 Å². The minimum Gasteiger partial charge on any atom is -0.466 e. The Balaban J connectivity index is 2.36. The van der Waals surface area contributed by atoms with Crippen LogP contribution in [-0.4, -0.2) is 42.8 Å². The molecule has 0 radical (unpaired) electrons. The molecular weight excluding hydrogens is 360 g/mol. The van der Waals surface area contributed by atoms with Gasteiger partial charge in [0.2, 0.25) is 0 Å². The lowest BCUT2D eigenvalue weighted by Crippen LogP contribution is -2.48. The quantitative estimate of drug-likeness (QED) is 0.443. The first-order chi connectivity index (χ1) is 12.0. The van der Waals surface area contributed by atoms with Crippen molar-refractivity contribution in [1.29, 1.82) is 0 Å². The van der Waals surface area contributed by atoms with Crippen LogP contribution in [0.4, 0.5) is 0 Å². The van der Waals surface area contributed by atoms with E-state index < -0.39 is 12.0 Å². The summed E-state index contributed by atoms with van der Waals surface area (Å²) in [6.07, 6.45) is 0.804. The Morgan fingerprint density at radius 2 is 2.12 bits per heavy atom. The molecule has 0 saturated heterocycles. The maximum Gasteiger partial charge on any atom is 0.337 e. The van der Waals surface area contributed by atoms with E-state index in [1.54, 1.807) is 6.07 Å². The summed E-state index contributed by atoms with van der Waals surface area (Å²) < 4.78 is 10.4. The van der Waals surface area contributed by atoms with Gasteiger partial charge in [-0.2, -0.15) is 0 Å². The molecule has 0 fully saturated rings. The lowest BCUT2D eigenvalue weighted by Gasteiger charge is -2.37. The number of hydrogen-bond donors (Lipinski definition) is 1. The van der Waals surface area contributed by atoms with Crippen LogP contribution in [0.3, 0.4) is 0 Å². The summed E-state index contributed by atoms with van der Waals surface area (Å²) in [7, 11) is 1.37. The number of carbonyl (C=O) groups is 1. The van der Waals surface area contributed by atoms with Crippen LogP contribution in [0.2, 0.25) is 5.02 Å². The minimum atomic E-state index is -0.434. The van der Waals surface area contributed by atoms with Crippen molar-refractivity contribution in [3.63, 3.8) is 0 Å². The van der Waals surface area contributed by atoms with Gasteiger partial charge >= 0.3 is 5.97 Å². The first kappa shape index (κ1) is 19.7. The van der Waals surface area contributed by atoms with Gasteiger partial charge in [0, 0.05) is 30.5 Å². The van der Waals surface area contributed by atoms with Gasteiger partial charge in [0.25, 0.3) is 0 Å². The zero-order valence-corrected chi connectivity index (χ0v) is 16.2. The third kappa shape index (κ3) is 4.51. The Hall–Kier alpha value is -1.63. The Labute approximate surface area is 158 Å². The van der Waals surface area contributed by atoms with E-state index in [0.717, 1.165) is 17.7 Å². The maximum atomic E-state index is 12.4. The summed E-state index contributed by atoms with van der Waals surface area (Å²) in [6, 6.07) is 6.97. The normalized spacial score (nSPS) is 17.5. The fraction of sp³-hybridized carbons (Fsp3) is 0.444. The molecule has 0 aromatic heterocycles. The summed E-state index contributed by atoms with van der Waals surface area (Å²) in [5.74, 6) is -0.396. The van der Waals surface area contributed by atoms with E-state index >= 15 is 0 Å². The zero-order chi connectivity index (χ0) is 18.4. The molecule has 5 nitrogen and oxygen atoms in total. The molecule has 136 valence electrons. The van der Waals surface area contributed by atoms with Gasteiger partial charge in [0.15, 0.2) is 5.11 Å². The van der Waals surface area contributed by atoms with Gasteiger partial charge in [-0.05, 0) is 44.1 Å². The Kier molecular flexibility index (Phi) is 7.23. The molecule has 1 N–H and O–H groups in total. The number of rotatable bonds is 7. The topological polar surface area (TPSA) is 50.8 Å². The van der Waals surface area contributed by atoms with Gasteiger partial charge in [-0.25, -0.2) is 4.79 Å². The van der Waals surface area contributed by atoms with Gasteiger partial charge in [0.05, 0.1) is 18.7 Å². The minimum absolute atomic E-state index is 0.396. The lowest BCUT2D eigenvalue weighted by molar-refractivity contribution is -0.136. The average molecular weight is 383 g/mol. The average Bonchev–Trinajstić information content (AvgIpc) is 2.60. The Bertz CT molecular complexity index is 678. The summed E-state index contributed by atoms with van der Waals surface area (Å²) >= 11 is 11.9. The SMILES string of the molecule is CCOCCCN1C(=S)N[C@@H](c2ccccc2Cl)C(C(=O)OC)=C1C. The maximum absolute atomic E-state index is 12.4. The molecule has 7 heteroatoms. The van der Waals surface area contributed by atoms with Crippen LogP contribution in [0, 0.1) is 0 Å². The molecule has 1 aliphatic rings. The molecule has 0 amide bonds. The second kappa shape index (κ2) is 9.17. The molecular formula is C18H23ClN2O3S. The number of methoxy groups -OCH3 is 1. The summed E-state index contributed by atoms with van der Waals surface area (Å²) in [6.45, 7) is 5.82. The Morgan fingerprint density at radius 1 is 1.40 bits per heavy atom. The van der Waals surface area contributed by atoms with E-state index in [1.807, 2.05) is 36.9 Å². The third-order valence-electron chi connectivity index (χ3n) is 4.09. The largest absolute Gasteiger partial charge is 0.466 e. The van der Waals surface area contributed by atoms with Gasteiger partial charge < -0.3 is 19.7 Å². The second-order valence-corrected chi connectivity index (χ2v) is 6.39. The van der Waals surface area contributed by atoms with Crippen molar-refractivity contribution < 1.29 is 14.3 Å². The summed E-state index contributed by atoms with van der Waals surface area (Å²) in [5, 5.41) is 4.37. The highest BCUT2D eigenvalue weighted by atomic mass is 35.5. The molecule has 1 atom stereocenters. The van der Waals surface area contributed by atoms with Crippen molar-refractivity contribution in [1.82, 2.24) is 10.2 Å². The first-order valence-electron chi connectivity index (χ1n) is 8.20. The van der Waals surface area contributed by atoms with Crippen molar-refractivity contribution in [2.45, 2.75) is 26.3 Å². The number of carbonyl (C=O) groups excluding carboxylic acids is 1. The molecule has 1 heterocycles. The van der Waals surface area contributed by atoms with Crippen LogP contribution in [-0.2, 0) is 14.3 Å². The van der Waals surface area contributed by atoms with Gasteiger partial charge in [0.1, 0.15) is 0 Å². The molecule has 0 bridgehead atoms. The molecule has 1 aromatic carbocycles. The molecule has 0 saturated carbocycles. The molecule has 2 rings (SSSR count). The van der Waals surface area contributed by atoms with E-state index in [2.05, 4.69) is 5.32 Å². The monoisotopic (exact) mass is 382 g/mol. The van der Waals surface area contributed by atoms with Crippen molar-refractivity contribution in [3.8, 4) is 0 Å². The van der Waals surface area contributed by atoms with Crippen LogP contribution < -0.4 is 5.32 Å². The standard InChI is InChI=1S/C18H23ClN2O3S/c1-4-24-11-7-10-21-12(2)15(17(22)23-3)16(20-18(21)25)13-8-5-6-9-14(13)19/h5-6,8-9,16H,4,7,10-11H2,1-3H3,(H,20,25)/t16-/m0/s1. The van der Waals surface area contributed by atoms with E-state index in [9.17, 15) is 4.79 Å². The van der Waals surface area contributed by atoms with Crippen molar-refractivity contribution in [3.05, 3.63) is 46.1 Å². The molecule has 0 spiro atoms. The van der Waals surface area contributed by atoms with Crippen molar-refractivity contribution >= 4 is 34.9 Å². The summed E-state index contributed by atoms with van der Waals surface area (Å²) in [4.78, 5) is 14.4. The number of halogens is 1. The highest BCUT2D eigenvalue weighted by molar-refractivity contribution is 7.80. The fourth-order valence-corrected chi connectivity index (χ4v) is 3.43. The fourth-order valence-electron chi connectivity index (χ4n) is 2.84. The second-order valence-electron chi connectivity index (χ2n) is 5.60. The van der Waals surface area contributed by atoms with E-state index in [0.29, 0.717) is 35.5 Å². The van der Waals surface area contributed by atoms with Crippen LogP contribution in [0.15, 0.2) is 35.5 Å². The van der Waals surface area contributed by atoms with Gasteiger partial charge in [-0.3, -0.25) is 0 Å². The smallest absolute Gasteiger partial charge is 0.337 e. The zero-order valence-electron chi connectivity index (χ0n) is 14.7. The number of esters is 1. The third-order valence-corrected chi connectivity index (χ3v) is 4.77. The van der Waals surface area contributed by atoms with E-state index in [1.165, 1.54) is 7.11 Å². The van der Waals surface area contributed by atoms with E-state index in [-0.39, 0.29) is 0 Å². The number of hydrogen-bond acceptors (Lipinski definition) is 4. The van der Waals surface area contributed by atoms with Gasteiger partial charge in [-0.1, -0.05) is 29.8 Å². The number of ether oxygens (including phenoxy) is 2. The van der Waals surface area contributed by atoms with Crippen molar-refractivity contribution in [2.24, 2.45) is 0 Å². The number of thiocarbonyl (C=S) groups is 1. The van der Waals surface area contributed by atoms with Crippen LogP contribution in [0.25, 0.3) is 0 Å². The first-order valence-corrected chi connectivity index (χ1v) is 8.99. The predicted octanol–water partition coefficient (Wildman–Crippen LogP) is 3.44. The molecule has 25 heavy (non-hydrogen) atoms. The predicted molar refractivity (Wildman–Crippen MR) is 102 cm³/mol. The number of allylic oxidation sites excluding steroid dienone is 1. The highest BCUT2D eigenvalue weighted by Gasteiger charge is 2.35. The van der Waals surface area contributed by atoms with Crippen molar-refractivity contribution in [2.75, 3.05) is 26.9 Å². The molecule has 0 aliphatic carbocycles. The van der Waals surface area contributed by atoms with E-state index in [4.69, 9.17) is 33.3 Å².